The number of rotatable bonds is 6. The van der Waals surface area contributed by atoms with Crippen molar-refractivity contribution in [3.63, 3.8) is 0 Å². The molecule has 0 aliphatic heterocycles. The first-order valence-electron chi connectivity index (χ1n) is 5.35. The van der Waals surface area contributed by atoms with Crippen LogP contribution < -0.4 is 0 Å². The van der Waals surface area contributed by atoms with E-state index in [9.17, 15) is 18.0 Å². The van der Waals surface area contributed by atoms with Gasteiger partial charge in [0.05, 0.1) is 6.54 Å². The smallest absolute Gasteiger partial charge is 0.382 e. The Labute approximate surface area is 99.0 Å². The quantitative estimate of drug-likeness (QED) is 0.761. The molecule has 0 bridgehead atoms. The fourth-order valence-electron chi connectivity index (χ4n) is 1.23. The third-order valence-corrected chi connectivity index (χ3v) is 2.21. The van der Waals surface area contributed by atoms with Crippen molar-refractivity contribution < 1.29 is 23.1 Å². The number of carbonyl (C=O) groups excluding carboxylic acids is 1. The average Bonchev–Trinajstić information content (AvgIpc) is 2.16. The number of hydrogen-bond donors (Lipinski definition) is 1. The number of likely N-dealkylation sites (N-methyl/N-ethyl adjacent to an activating group) is 1. The Hall–Kier alpha value is -0.820. The van der Waals surface area contributed by atoms with Crippen LogP contribution >= 0.6 is 0 Å². The molecule has 102 valence electrons. The average molecular weight is 256 g/mol. The summed E-state index contributed by atoms with van der Waals surface area (Å²) >= 11 is 0. The minimum atomic E-state index is -4.65. The zero-order valence-electron chi connectivity index (χ0n) is 10.3. The van der Waals surface area contributed by atoms with Crippen molar-refractivity contribution in [1.29, 1.82) is 0 Å². The Bertz CT molecular complexity index is 244. The van der Waals surface area contributed by atoms with Crippen LogP contribution in [0.4, 0.5) is 13.2 Å². The number of nitrogens with zero attached hydrogens (tertiary/aromatic N) is 2. The Kier molecular flexibility index (Phi) is 6.48. The summed E-state index contributed by atoms with van der Waals surface area (Å²) in [6, 6.07) is 0. The second-order valence-electron chi connectivity index (χ2n) is 4.08. The van der Waals surface area contributed by atoms with Gasteiger partial charge in [-0.2, -0.15) is 13.2 Å². The lowest BCUT2D eigenvalue weighted by Crippen LogP contribution is -2.45. The minimum absolute atomic E-state index is 0.117. The molecule has 0 aromatic heterocycles. The van der Waals surface area contributed by atoms with Gasteiger partial charge < -0.3 is 10.0 Å². The van der Waals surface area contributed by atoms with Crippen LogP contribution in [0, 0.1) is 0 Å². The number of halogens is 3. The van der Waals surface area contributed by atoms with Gasteiger partial charge in [0.1, 0.15) is 0 Å². The molecule has 0 rings (SSSR count). The van der Waals surface area contributed by atoms with E-state index in [1.807, 2.05) is 0 Å². The van der Waals surface area contributed by atoms with Gasteiger partial charge in [-0.1, -0.05) is 6.92 Å². The van der Waals surface area contributed by atoms with Crippen molar-refractivity contribution in [2.45, 2.75) is 25.6 Å². The number of aliphatic hydroxyl groups is 1. The van der Waals surface area contributed by atoms with E-state index in [0.29, 0.717) is 13.0 Å². The molecule has 1 amide bonds. The molecule has 0 saturated carbocycles. The van der Waals surface area contributed by atoms with Crippen molar-refractivity contribution in [2.24, 2.45) is 0 Å². The lowest BCUT2D eigenvalue weighted by Gasteiger charge is -2.26. The standard InChI is InChI=1S/C10H19F3N2O2/c1-4-5-15(7-9(17)14(2)3)6-8(16)10(11,12)13/h8,16H,4-7H2,1-3H3/t8-/m0/s1. The van der Waals surface area contributed by atoms with Gasteiger partial charge in [-0.3, -0.25) is 9.69 Å². The second-order valence-corrected chi connectivity index (χ2v) is 4.08. The zero-order valence-corrected chi connectivity index (χ0v) is 10.3. The largest absolute Gasteiger partial charge is 0.415 e. The molecule has 0 heterocycles. The van der Waals surface area contributed by atoms with Crippen LogP contribution in [0.2, 0.25) is 0 Å². The second kappa shape index (κ2) is 6.80. The fraction of sp³-hybridized carbons (Fsp3) is 0.900. The van der Waals surface area contributed by atoms with Crippen molar-refractivity contribution >= 4 is 5.91 Å². The van der Waals surface area contributed by atoms with Gasteiger partial charge in [-0.25, -0.2) is 0 Å². The predicted molar refractivity (Wildman–Crippen MR) is 57.5 cm³/mol. The molecule has 1 atom stereocenters. The molecule has 1 N–H and O–H groups in total. The van der Waals surface area contributed by atoms with E-state index in [-0.39, 0.29) is 12.5 Å². The lowest BCUT2D eigenvalue weighted by atomic mass is 10.3. The molecule has 0 aromatic rings. The zero-order chi connectivity index (χ0) is 13.6. The Morgan fingerprint density at radius 3 is 2.24 bits per heavy atom. The third kappa shape index (κ3) is 6.48. The molecule has 0 fully saturated rings. The Morgan fingerprint density at radius 2 is 1.88 bits per heavy atom. The van der Waals surface area contributed by atoms with Gasteiger partial charge in [0.25, 0.3) is 0 Å². The Morgan fingerprint density at radius 1 is 1.35 bits per heavy atom. The molecule has 4 nitrogen and oxygen atoms in total. The van der Waals surface area contributed by atoms with Gasteiger partial charge in [0.2, 0.25) is 5.91 Å². The number of amides is 1. The van der Waals surface area contributed by atoms with Crippen LogP contribution in [-0.4, -0.2) is 66.8 Å². The molecule has 0 aromatic carbocycles. The van der Waals surface area contributed by atoms with Crippen LogP contribution in [0.3, 0.4) is 0 Å². The molecule has 0 saturated heterocycles. The number of carbonyl (C=O) groups is 1. The highest BCUT2D eigenvalue weighted by molar-refractivity contribution is 5.77. The van der Waals surface area contributed by atoms with Crippen LogP contribution in [-0.2, 0) is 4.79 Å². The van der Waals surface area contributed by atoms with E-state index in [2.05, 4.69) is 0 Å². The first-order valence-corrected chi connectivity index (χ1v) is 5.35. The van der Waals surface area contributed by atoms with Crippen molar-refractivity contribution in [3.8, 4) is 0 Å². The van der Waals surface area contributed by atoms with E-state index in [1.54, 1.807) is 6.92 Å². The topological polar surface area (TPSA) is 43.8 Å². The first-order chi connectivity index (χ1) is 7.68. The molecule has 0 radical (unpaired) electrons. The van der Waals surface area contributed by atoms with Gasteiger partial charge in [-0.05, 0) is 13.0 Å². The molecule has 0 aliphatic carbocycles. The van der Waals surface area contributed by atoms with E-state index in [0.717, 1.165) is 0 Å². The minimum Gasteiger partial charge on any atom is -0.382 e. The molecule has 0 aliphatic rings. The van der Waals surface area contributed by atoms with E-state index in [1.165, 1.54) is 23.9 Å². The molecule has 17 heavy (non-hydrogen) atoms. The van der Waals surface area contributed by atoms with Crippen LogP contribution in [0.25, 0.3) is 0 Å². The summed E-state index contributed by atoms with van der Waals surface area (Å²) in [5.41, 5.74) is 0. The monoisotopic (exact) mass is 256 g/mol. The normalized spacial score (nSPS) is 13.9. The van der Waals surface area contributed by atoms with Crippen LogP contribution in [0.1, 0.15) is 13.3 Å². The lowest BCUT2D eigenvalue weighted by molar-refractivity contribution is -0.208. The maximum absolute atomic E-state index is 12.2. The SMILES string of the molecule is CCCN(CC(=O)N(C)C)C[C@H](O)C(F)(F)F. The molecular formula is C10H19F3N2O2. The summed E-state index contributed by atoms with van der Waals surface area (Å²) in [6.07, 6.45) is -6.44. The number of aliphatic hydroxyl groups excluding tert-OH is 1. The summed E-state index contributed by atoms with van der Waals surface area (Å²) in [5.74, 6) is -0.284. The first kappa shape index (κ1) is 16.2. The van der Waals surface area contributed by atoms with Crippen molar-refractivity contribution in [1.82, 2.24) is 9.80 Å². The molecule has 0 unspecified atom stereocenters. The summed E-state index contributed by atoms with van der Waals surface area (Å²) in [6.45, 7) is 1.45. The summed E-state index contributed by atoms with van der Waals surface area (Å²) < 4.78 is 36.5. The summed E-state index contributed by atoms with van der Waals surface area (Å²) in [4.78, 5) is 14.0. The van der Waals surface area contributed by atoms with E-state index < -0.39 is 18.8 Å². The van der Waals surface area contributed by atoms with Gasteiger partial charge in [0.15, 0.2) is 6.10 Å². The third-order valence-electron chi connectivity index (χ3n) is 2.21. The Balaban J connectivity index is 4.39. The highest BCUT2D eigenvalue weighted by atomic mass is 19.4. The highest BCUT2D eigenvalue weighted by Gasteiger charge is 2.39. The van der Waals surface area contributed by atoms with Crippen molar-refractivity contribution in [2.75, 3.05) is 33.7 Å². The summed E-state index contributed by atoms with van der Waals surface area (Å²) in [7, 11) is 3.07. The summed E-state index contributed by atoms with van der Waals surface area (Å²) in [5, 5.41) is 8.94. The van der Waals surface area contributed by atoms with E-state index >= 15 is 0 Å². The molecule has 7 heteroatoms. The number of hydrogen-bond acceptors (Lipinski definition) is 3. The number of alkyl halides is 3. The fourth-order valence-corrected chi connectivity index (χ4v) is 1.23. The molecule has 0 spiro atoms. The highest BCUT2D eigenvalue weighted by Crippen LogP contribution is 2.20. The maximum Gasteiger partial charge on any atom is 0.415 e. The van der Waals surface area contributed by atoms with Crippen LogP contribution in [0.5, 0.6) is 0 Å². The van der Waals surface area contributed by atoms with Gasteiger partial charge in [-0.15, -0.1) is 0 Å². The molecular weight excluding hydrogens is 237 g/mol. The predicted octanol–water partition coefficient (Wildman–Crippen LogP) is 0.710. The maximum atomic E-state index is 12.2. The van der Waals surface area contributed by atoms with Gasteiger partial charge in [0, 0.05) is 20.6 Å². The van der Waals surface area contributed by atoms with Crippen molar-refractivity contribution in [3.05, 3.63) is 0 Å². The van der Waals surface area contributed by atoms with Gasteiger partial charge >= 0.3 is 6.18 Å². The van der Waals surface area contributed by atoms with E-state index in [4.69, 9.17) is 5.11 Å². The van der Waals surface area contributed by atoms with Crippen LogP contribution in [0.15, 0.2) is 0 Å².